The molecule has 19 heavy (non-hydrogen) atoms. The van der Waals surface area contributed by atoms with Gasteiger partial charge in [0.25, 0.3) is 0 Å². The van der Waals surface area contributed by atoms with Gasteiger partial charge in [0, 0.05) is 18.2 Å². The van der Waals surface area contributed by atoms with Crippen molar-refractivity contribution in [2.45, 2.75) is 20.0 Å². The number of benzene rings is 1. The SMILES string of the molecule is COc1ccccc1/C=C/C(=O)NCC(O)C(C)C. The first-order valence-electron chi connectivity index (χ1n) is 6.31. The molecular weight excluding hydrogens is 242 g/mol. The Bertz CT molecular complexity index is 441. The van der Waals surface area contributed by atoms with Crippen LogP contribution in [-0.2, 0) is 4.79 Å². The van der Waals surface area contributed by atoms with Crippen molar-refractivity contribution in [2.24, 2.45) is 5.92 Å². The molecule has 1 aromatic rings. The molecule has 0 spiro atoms. The number of carbonyl (C=O) groups is 1. The van der Waals surface area contributed by atoms with E-state index in [4.69, 9.17) is 4.74 Å². The van der Waals surface area contributed by atoms with Crippen LogP contribution in [0.3, 0.4) is 0 Å². The van der Waals surface area contributed by atoms with E-state index in [1.165, 1.54) is 6.08 Å². The number of carbonyl (C=O) groups excluding carboxylic acids is 1. The maximum atomic E-state index is 11.6. The lowest BCUT2D eigenvalue weighted by molar-refractivity contribution is -0.117. The highest BCUT2D eigenvalue weighted by Gasteiger charge is 2.09. The second-order valence-corrected chi connectivity index (χ2v) is 4.63. The van der Waals surface area contributed by atoms with Crippen molar-refractivity contribution in [3.05, 3.63) is 35.9 Å². The predicted molar refractivity (Wildman–Crippen MR) is 75.9 cm³/mol. The van der Waals surface area contributed by atoms with Gasteiger partial charge in [0.15, 0.2) is 0 Å². The van der Waals surface area contributed by atoms with Crippen LogP contribution in [0.25, 0.3) is 6.08 Å². The second kappa shape index (κ2) is 7.59. The quantitative estimate of drug-likeness (QED) is 0.770. The number of rotatable bonds is 6. The normalized spacial score (nSPS) is 12.7. The average molecular weight is 263 g/mol. The van der Waals surface area contributed by atoms with E-state index >= 15 is 0 Å². The van der Waals surface area contributed by atoms with E-state index in [-0.39, 0.29) is 18.4 Å². The zero-order chi connectivity index (χ0) is 14.3. The van der Waals surface area contributed by atoms with Gasteiger partial charge >= 0.3 is 0 Å². The van der Waals surface area contributed by atoms with Crippen LogP contribution >= 0.6 is 0 Å². The highest BCUT2D eigenvalue weighted by Crippen LogP contribution is 2.18. The van der Waals surface area contributed by atoms with Gasteiger partial charge in [-0.2, -0.15) is 0 Å². The van der Waals surface area contributed by atoms with Gasteiger partial charge in [0.05, 0.1) is 13.2 Å². The zero-order valence-corrected chi connectivity index (χ0v) is 11.6. The molecule has 1 aromatic carbocycles. The van der Waals surface area contributed by atoms with Crippen LogP contribution < -0.4 is 10.1 Å². The number of hydrogen-bond donors (Lipinski definition) is 2. The van der Waals surface area contributed by atoms with E-state index in [1.807, 2.05) is 38.1 Å². The Morgan fingerprint density at radius 2 is 2.11 bits per heavy atom. The minimum atomic E-state index is -0.524. The van der Waals surface area contributed by atoms with Gasteiger partial charge in [0.2, 0.25) is 5.91 Å². The van der Waals surface area contributed by atoms with Crippen LogP contribution in [0.5, 0.6) is 5.75 Å². The maximum Gasteiger partial charge on any atom is 0.244 e. The first-order chi connectivity index (χ1) is 9.04. The van der Waals surface area contributed by atoms with Crippen LogP contribution in [0.1, 0.15) is 19.4 Å². The second-order valence-electron chi connectivity index (χ2n) is 4.63. The van der Waals surface area contributed by atoms with Gasteiger partial charge in [-0.15, -0.1) is 0 Å². The molecule has 1 unspecified atom stereocenters. The zero-order valence-electron chi connectivity index (χ0n) is 11.6. The molecule has 4 heteroatoms. The van der Waals surface area contributed by atoms with Crippen molar-refractivity contribution < 1.29 is 14.6 Å². The number of para-hydroxylation sites is 1. The summed E-state index contributed by atoms with van der Waals surface area (Å²) in [5.41, 5.74) is 0.838. The molecule has 0 saturated heterocycles. The largest absolute Gasteiger partial charge is 0.496 e. The van der Waals surface area contributed by atoms with Crippen molar-refractivity contribution in [2.75, 3.05) is 13.7 Å². The minimum Gasteiger partial charge on any atom is -0.496 e. The van der Waals surface area contributed by atoms with Crippen LogP contribution in [0.2, 0.25) is 0 Å². The lowest BCUT2D eigenvalue weighted by atomic mass is 10.1. The van der Waals surface area contributed by atoms with Crippen molar-refractivity contribution in [3.8, 4) is 5.75 Å². The topological polar surface area (TPSA) is 58.6 Å². The Balaban J connectivity index is 2.54. The Hall–Kier alpha value is -1.81. The third-order valence-electron chi connectivity index (χ3n) is 2.81. The van der Waals surface area contributed by atoms with Crippen LogP contribution in [0.4, 0.5) is 0 Å². The fraction of sp³-hybridized carbons (Fsp3) is 0.400. The van der Waals surface area contributed by atoms with E-state index in [0.29, 0.717) is 5.75 Å². The molecule has 0 bridgehead atoms. The predicted octanol–water partition coefficient (Wildman–Crippen LogP) is 1.84. The summed E-state index contributed by atoms with van der Waals surface area (Å²) >= 11 is 0. The van der Waals surface area contributed by atoms with E-state index in [2.05, 4.69) is 5.32 Å². The van der Waals surface area contributed by atoms with Crippen molar-refractivity contribution >= 4 is 12.0 Å². The van der Waals surface area contributed by atoms with E-state index < -0.39 is 6.10 Å². The monoisotopic (exact) mass is 263 g/mol. The Labute approximate surface area is 114 Å². The fourth-order valence-electron chi connectivity index (χ4n) is 1.47. The number of hydrogen-bond acceptors (Lipinski definition) is 3. The van der Waals surface area contributed by atoms with Gasteiger partial charge < -0.3 is 15.2 Å². The lowest BCUT2D eigenvalue weighted by Gasteiger charge is -2.14. The summed E-state index contributed by atoms with van der Waals surface area (Å²) in [6.45, 7) is 4.07. The van der Waals surface area contributed by atoms with Gasteiger partial charge in [-0.05, 0) is 18.1 Å². The van der Waals surface area contributed by atoms with Crippen LogP contribution in [0, 0.1) is 5.92 Å². The summed E-state index contributed by atoms with van der Waals surface area (Å²) in [6.07, 6.45) is 2.60. The number of amides is 1. The molecule has 0 radical (unpaired) electrons. The lowest BCUT2D eigenvalue weighted by Crippen LogP contribution is -2.33. The molecule has 1 rings (SSSR count). The third-order valence-corrected chi connectivity index (χ3v) is 2.81. The maximum absolute atomic E-state index is 11.6. The Morgan fingerprint density at radius 1 is 1.42 bits per heavy atom. The van der Waals surface area contributed by atoms with Crippen molar-refractivity contribution in [1.82, 2.24) is 5.32 Å². The number of methoxy groups -OCH3 is 1. The molecule has 0 saturated carbocycles. The van der Waals surface area contributed by atoms with Gasteiger partial charge in [-0.1, -0.05) is 32.0 Å². The number of nitrogens with one attached hydrogen (secondary N) is 1. The molecule has 1 amide bonds. The molecule has 0 aliphatic rings. The Morgan fingerprint density at radius 3 is 2.74 bits per heavy atom. The highest BCUT2D eigenvalue weighted by atomic mass is 16.5. The summed E-state index contributed by atoms with van der Waals surface area (Å²) in [6, 6.07) is 7.45. The van der Waals surface area contributed by atoms with E-state index in [0.717, 1.165) is 5.56 Å². The number of aliphatic hydroxyl groups is 1. The summed E-state index contributed by atoms with van der Waals surface area (Å²) in [5, 5.41) is 12.2. The van der Waals surface area contributed by atoms with Gasteiger partial charge in [-0.25, -0.2) is 0 Å². The molecule has 0 fully saturated rings. The molecule has 104 valence electrons. The molecule has 1 atom stereocenters. The molecule has 0 aliphatic carbocycles. The molecule has 4 nitrogen and oxygen atoms in total. The van der Waals surface area contributed by atoms with E-state index in [1.54, 1.807) is 13.2 Å². The summed E-state index contributed by atoms with van der Waals surface area (Å²) in [7, 11) is 1.59. The summed E-state index contributed by atoms with van der Waals surface area (Å²) in [4.78, 5) is 11.6. The molecule has 0 aromatic heterocycles. The van der Waals surface area contributed by atoms with Crippen LogP contribution in [0.15, 0.2) is 30.3 Å². The minimum absolute atomic E-state index is 0.124. The van der Waals surface area contributed by atoms with Crippen LogP contribution in [-0.4, -0.2) is 30.8 Å². The van der Waals surface area contributed by atoms with Gasteiger partial charge in [0.1, 0.15) is 5.75 Å². The highest BCUT2D eigenvalue weighted by molar-refractivity contribution is 5.92. The number of aliphatic hydroxyl groups excluding tert-OH is 1. The molecule has 0 aliphatic heterocycles. The van der Waals surface area contributed by atoms with Crippen molar-refractivity contribution in [1.29, 1.82) is 0 Å². The average Bonchev–Trinajstić information content (AvgIpc) is 2.42. The summed E-state index contributed by atoms with van der Waals surface area (Å²) in [5.74, 6) is 0.609. The fourth-order valence-corrected chi connectivity index (χ4v) is 1.47. The molecule has 0 heterocycles. The first kappa shape index (κ1) is 15.2. The smallest absolute Gasteiger partial charge is 0.244 e. The molecular formula is C15H21NO3. The Kier molecular flexibility index (Phi) is 6.09. The van der Waals surface area contributed by atoms with Gasteiger partial charge in [-0.3, -0.25) is 4.79 Å². The third kappa shape index (κ3) is 5.14. The number of ether oxygens (including phenoxy) is 1. The standard InChI is InChI=1S/C15H21NO3/c1-11(2)13(17)10-16-15(18)9-8-12-6-4-5-7-14(12)19-3/h4-9,11,13,17H,10H2,1-3H3,(H,16,18)/b9-8+. The van der Waals surface area contributed by atoms with E-state index in [9.17, 15) is 9.90 Å². The molecule has 2 N–H and O–H groups in total. The van der Waals surface area contributed by atoms with Crippen molar-refractivity contribution in [3.63, 3.8) is 0 Å². The first-order valence-corrected chi connectivity index (χ1v) is 6.31. The summed E-state index contributed by atoms with van der Waals surface area (Å²) < 4.78 is 5.18.